The van der Waals surface area contributed by atoms with Crippen molar-refractivity contribution in [2.45, 2.75) is 0 Å². The molecule has 0 saturated carbocycles. The lowest BCUT2D eigenvalue weighted by atomic mass is 10.1. The van der Waals surface area contributed by atoms with Crippen LogP contribution in [-0.2, 0) is 0 Å². The maximum atomic E-state index is 9.22. The Labute approximate surface area is 111 Å². The summed E-state index contributed by atoms with van der Waals surface area (Å²) in [5.74, 6) is 0. The zero-order valence-electron chi connectivity index (χ0n) is 10.5. The van der Waals surface area contributed by atoms with Crippen molar-refractivity contribution in [3.05, 3.63) is 36.0 Å². The van der Waals surface area contributed by atoms with Gasteiger partial charge in [-0.05, 0) is 6.07 Å². The number of hydrogen-bond acceptors (Lipinski definition) is 5. The fraction of sp³-hybridized carbons (Fsp3) is 0.286. The fourth-order valence-corrected chi connectivity index (χ4v) is 2.13. The Kier molecular flexibility index (Phi) is 4.29. The van der Waals surface area contributed by atoms with Crippen molar-refractivity contribution in [2.75, 3.05) is 31.2 Å². The number of aliphatic hydroxyl groups is 2. The molecule has 0 unspecified atom stereocenters. The van der Waals surface area contributed by atoms with E-state index in [9.17, 15) is 5.26 Å². The number of nitrogens with zero attached hydrogens (tertiary/aromatic N) is 3. The van der Waals surface area contributed by atoms with Gasteiger partial charge in [0, 0.05) is 24.7 Å². The van der Waals surface area contributed by atoms with Gasteiger partial charge in [0.05, 0.1) is 30.0 Å². The highest BCUT2D eigenvalue weighted by molar-refractivity contribution is 5.94. The Morgan fingerprint density at radius 2 is 1.84 bits per heavy atom. The Hall–Kier alpha value is -2.16. The molecule has 2 aromatic rings. The summed E-state index contributed by atoms with van der Waals surface area (Å²) in [6.07, 6.45) is 1.53. The van der Waals surface area contributed by atoms with Crippen molar-refractivity contribution in [2.24, 2.45) is 0 Å². The van der Waals surface area contributed by atoms with Crippen LogP contribution in [0.2, 0.25) is 0 Å². The molecule has 5 heteroatoms. The van der Waals surface area contributed by atoms with Crippen LogP contribution in [0.5, 0.6) is 0 Å². The molecule has 0 bridgehead atoms. The fourth-order valence-electron chi connectivity index (χ4n) is 2.13. The molecule has 2 N–H and O–H groups in total. The molecule has 5 nitrogen and oxygen atoms in total. The molecule has 19 heavy (non-hydrogen) atoms. The Balaban J connectivity index is 2.63. The number of benzene rings is 1. The molecule has 0 spiro atoms. The minimum Gasteiger partial charge on any atom is -0.395 e. The number of anilines is 1. The smallest absolute Gasteiger partial charge is 0.103 e. The third-order valence-corrected chi connectivity index (χ3v) is 2.92. The number of aliphatic hydroxyl groups excluding tert-OH is 2. The maximum Gasteiger partial charge on any atom is 0.103 e. The van der Waals surface area contributed by atoms with Gasteiger partial charge in [0.25, 0.3) is 0 Å². The lowest BCUT2D eigenvalue weighted by Gasteiger charge is -2.25. The van der Waals surface area contributed by atoms with Gasteiger partial charge in [-0.3, -0.25) is 4.98 Å². The summed E-state index contributed by atoms with van der Waals surface area (Å²) < 4.78 is 0. The highest BCUT2D eigenvalue weighted by Gasteiger charge is 2.15. The molecule has 1 heterocycles. The van der Waals surface area contributed by atoms with E-state index in [-0.39, 0.29) is 13.2 Å². The van der Waals surface area contributed by atoms with E-state index >= 15 is 0 Å². The summed E-state index contributed by atoms with van der Waals surface area (Å²) in [5, 5.41) is 28.3. The molecular weight excluding hydrogens is 242 g/mol. The van der Waals surface area contributed by atoms with Crippen molar-refractivity contribution in [3.63, 3.8) is 0 Å². The maximum absolute atomic E-state index is 9.22. The van der Waals surface area contributed by atoms with Gasteiger partial charge >= 0.3 is 0 Å². The molecule has 0 saturated heterocycles. The average Bonchev–Trinajstić information content (AvgIpc) is 2.46. The summed E-state index contributed by atoms with van der Waals surface area (Å²) >= 11 is 0. The molecule has 0 aliphatic heterocycles. The highest BCUT2D eigenvalue weighted by Crippen LogP contribution is 2.28. The molecular formula is C14H15N3O2. The second-order valence-electron chi connectivity index (χ2n) is 4.08. The average molecular weight is 257 g/mol. The van der Waals surface area contributed by atoms with Gasteiger partial charge in [-0.2, -0.15) is 5.26 Å². The van der Waals surface area contributed by atoms with E-state index in [4.69, 9.17) is 10.2 Å². The van der Waals surface area contributed by atoms with Gasteiger partial charge < -0.3 is 15.1 Å². The van der Waals surface area contributed by atoms with Gasteiger partial charge in [-0.1, -0.05) is 18.2 Å². The van der Waals surface area contributed by atoms with Gasteiger partial charge in [-0.15, -0.1) is 0 Å². The third kappa shape index (κ3) is 2.65. The van der Waals surface area contributed by atoms with Crippen molar-refractivity contribution >= 4 is 16.6 Å². The number of hydrogen-bond donors (Lipinski definition) is 2. The first-order valence-electron chi connectivity index (χ1n) is 6.06. The van der Waals surface area contributed by atoms with Crippen LogP contribution in [-0.4, -0.2) is 41.5 Å². The first kappa shape index (κ1) is 13.3. The van der Waals surface area contributed by atoms with Crippen LogP contribution >= 0.6 is 0 Å². The lowest BCUT2D eigenvalue weighted by molar-refractivity contribution is 0.281. The number of nitriles is 1. The molecule has 98 valence electrons. The van der Waals surface area contributed by atoms with Crippen LogP contribution in [0.15, 0.2) is 30.5 Å². The Morgan fingerprint density at radius 1 is 1.16 bits per heavy atom. The molecule has 0 aliphatic rings. The van der Waals surface area contributed by atoms with E-state index in [0.29, 0.717) is 18.7 Å². The number of aromatic nitrogens is 1. The Morgan fingerprint density at radius 3 is 2.47 bits per heavy atom. The molecule has 0 aliphatic carbocycles. The second kappa shape index (κ2) is 6.14. The van der Waals surface area contributed by atoms with Crippen molar-refractivity contribution < 1.29 is 10.2 Å². The van der Waals surface area contributed by atoms with Gasteiger partial charge in [0.1, 0.15) is 6.07 Å². The predicted octanol–water partition coefficient (Wildman–Crippen LogP) is 0.897. The van der Waals surface area contributed by atoms with E-state index in [1.165, 1.54) is 6.20 Å². The molecule has 0 amide bonds. The summed E-state index contributed by atoms with van der Waals surface area (Å²) in [4.78, 5) is 6.05. The SMILES string of the molecule is N#Cc1cnc2ccccc2c1N(CCO)CCO. The van der Waals surface area contributed by atoms with E-state index in [1.54, 1.807) is 0 Å². The second-order valence-corrected chi connectivity index (χ2v) is 4.08. The first-order chi connectivity index (χ1) is 9.31. The summed E-state index contributed by atoms with van der Waals surface area (Å²) in [6, 6.07) is 9.64. The topological polar surface area (TPSA) is 80.4 Å². The number of para-hydroxylation sites is 1. The van der Waals surface area contributed by atoms with Gasteiger partial charge in [0.2, 0.25) is 0 Å². The first-order valence-corrected chi connectivity index (χ1v) is 6.06. The monoisotopic (exact) mass is 257 g/mol. The normalized spacial score (nSPS) is 10.4. The van der Waals surface area contributed by atoms with Crippen LogP contribution < -0.4 is 4.90 Å². The minimum atomic E-state index is -0.0402. The Bertz CT molecular complexity index is 601. The molecule has 0 radical (unpaired) electrons. The minimum absolute atomic E-state index is 0.0402. The standard InChI is InChI=1S/C14H15N3O2/c15-9-11-10-16-13-4-2-1-3-12(13)14(11)17(5-7-18)6-8-19/h1-4,10,18-19H,5-8H2. The zero-order valence-corrected chi connectivity index (χ0v) is 10.5. The third-order valence-electron chi connectivity index (χ3n) is 2.92. The van der Waals surface area contributed by atoms with Crippen LogP contribution in [0.4, 0.5) is 5.69 Å². The molecule has 0 fully saturated rings. The van der Waals surface area contributed by atoms with E-state index in [0.717, 1.165) is 16.6 Å². The number of fused-ring (bicyclic) bond motifs is 1. The largest absolute Gasteiger partial charge is 0.395 e. The van der Waals surface area contributed by atoms with Gasteiger partial charge in [-0.25, -0.2) is 0 Å². The van der Waals surface area contributed by atoms with Crippen molar-refractivity contribution in [1.29, 1.82) is 5.26 Å². The van der Waals surface area contributed by atoms with Crippen molar-refractivity contribution in [1.82, 2.24) is 4.98 Å². The van der Waals surface area contributed by atoms with E-state index < -0.39 is 0 Å². The van der Waals surface area contributed by atoms with E-state index in [2.05, 4.69) is 11.1 Å². The summed E-state index contributed by atoms with van der Waals surface area (Å²) in [6.45, 7) is 0.648. The number of rotatable bonds is 5. The summed E-state index contributed by atoms with van der Waals surface area (Å²) in [7, 11) is 0. The van der Waals surface area contributed by atoms with Crippen LogP contribution in [0, 0.1) is 11.3 Å². The van der Waals surface area contributed by atoms with Gasteiger partial charge in [0.15, 0.2) is 0 Å². The predicted molar refractivity (Wildman–Crippen MR) is 72.8 cm³/mol. The van der Waals surface area contributed by atoms with Crippen LogP contribution in [0.1, 0.15) is 5.56 Å². The molecule has 0 atom stereocenters. The van der Waals surface area contributed by atoms with E-state index in [1.807, 2.05) is 29.2 Å². The molecule has 2 rings (SSSR count). The quantitative estimate of drug-likeness (QED) is 0.831. The number of pyridine rings is 1. The lowest BCUT2D eigenvalue weighted by Crippen LogP contribution is -2.30. The zero-order chi connectivity index (χ0) is 13.7. The van der Waals surface area contributed by atoms with Crippen LogP contribution in [0.3, 0.4) is 0 Å². The van der Waals surface area contributed by atoms with Crippen molar-refractivity contribution in [3.8, 4) is 6.07 Å². The molecule has 1 aromatic heterocycles. The molecule has 1 aromatic carbocycles. The highest BCUT2D eigenvalue weighted by atomic mass is 16.3. The summed E-state index contributed by atoms with van der Waals surface area (Å²) in [5.41, 5.74) is 1.95. The van der Waals surface area contributed by atoms with Crippen LogP contribution in [0.25, 0.3) is 10.9 Å².